The molecule has 1 saturated heterocycles. The molecule has 3 rings (SSSR count). The van der Waals surface area contributed by atoms with Gasteiger partial charge in [0.25, 0.3) is 0 Å². The Morgan fingerprint density at radius 1 is 1.50 bits per heavy atom. The van der Waals surface area contributed by atoms with Gasteiger partial charge in [0.1, 0.15) is 5.00 Å². The fourth-order valence-corrected chi connectivity index (χ4v) is 4.07. The molecule has 1 fully saturated rings. The highest BCUT2D eigenvalue weighted by molar-refractivity contribution is 7.16. The van der Waals surface area contributed by atoms with Gasteiger partial charge in [-0.3, -0.25) is 10.00 Å². The Kier molecular flexibility index (Phi) is 4.89. The van der Waals surface area contributed by atoms with E-state index in [0.717, 1.165) is 47.1 Å². The number of urea groups is 1. The largest absolute Gasteiger partial charge is 0.323 e. The van der Waals surface area contributed by atoms with Crippen molar-refractivity contribution in [3.8, 4) is 0 Å². The number of nitrogens with zero attached hydrogens (tertiary/aromatic N) is 4. The second-order valence-corrected chi connectivity index (χ2v) is 8.04. The molecule has 6 nitrogen and oxygen atoms in total. The first kappa shape index (κ1) is 17.0. The van der Waals surface area contributed by atoms with Crippen LogP contribution >= 0.6 is 11.3 Å². The van der Waals surface area contributed by atoms with E-state index in [1.54, 1.807) is 16.0 Å². The van der Waals surface area contributed by atoms with Gasteiger partial charge in [0.2, 0.25) is 0 Å². The molecule has 24 heavy (non-hydrogen) atoms. The summed E-state index contributed by atoms with van der Waals surface area (Å²) in [4.78, 5) is 19.3. The number of amides is 2. The van der Waals surface area contributed by atoms with Gasteiger partial charge in [-0.2, -0.15) is 5.10 Å². The van der Waals surface area contributed by atoms with Crippen molar-refractivity contribution in [1.29, 1.82) is 0 Å². The molecule has 0 aliphatic carbocycles. The monoisotopic (exact) mass is 347 g/mol. The zero-order valence-corrected chi connectivity index (χ0v) is 15.6. The maximum absolute atomic E-state index is 12.8. The summed E-state index contributed by atoms with van der Waals surface area (Å²) in [6, 6.07) is 0.0799. The van der Waals surface area contributed by atoms with Gasteiger partial charge in [-0.1, -0.05) is 13.8 Å². The van der Waals surface area contributed by atoms with E-state index < -0.39 is 0 Å². The smallest absolute Gasteiger partial charge is 0.317 e. The molecule has 0 spiro atoms. The highest BCUT2D eigenvalue weighted by Crippen LogP contribution is 2.33. The van der Waals surface area contributed by atoms with Crippen molar-refractivity contribution >= 4 is 22.4 Å². The molecule has 2 aromatic heterocycles. The third kappa shape index (κ3) is 3.61. The van der Waals surface area contributed by atoms with Crippen molar-refractivity contribution in [2.75, 3.05) is 11.9 Å². The number of anilines is 1. The van der Waals surface area contributed by atoms with Gasteiger partial charge in [0.15, 0.2) is 0 Å². The summed E-state index contributed by atoms with van der Waals surface area (Å²) in [7, 11) is 1.90. The van der Waals surface area contributed by atoms with E-state index in [9.17, 15) is 4.79 Å². The third-order valence-corrected chi connectivity index (χ3v) is 5.18. The molecule has 0 aromatic carbocycles. The van der Waals surface area contributed by atoms with E-state index in [2.05, 4.69) is 29.2 Å². The summed E-state index contributed by atoms with van der Waals surface area (Å²) < 4.78 is 1.79. The maximum Gasteiger partial charge on any atom is 0.323 e. The molecule has 130 valence electrons. The van der Waals surface area contributed by atoms with Crippen LogP contribution in [-0.2, 0) is 13.5 Å². The Bertz CT molecular complexity index is 720. The molecule has 2 aromatic rings. The summed E-state index contributed by atoms with van der Waals surface area (Å²) in [5, 5.41) is 9.22. The van der Waals surface area contributed by atoms with E-state index in [0.29, 0.717) is 5.92 Å². The minimum Gasteiger partial charge on any atom is -0.317 e. The number of likely N-dealkylation sites (tertiary alicyclic amines) is 1. The van der Waals surface area contributed by atoms with Gasteiger partial charge >= 0.3 is 6.03 Å². The van der Waals surface area contributed by atoms with Crippen LogP contribution in [-0.4, -0.2) is 32.2 Å². The van der Waals surface area contributed by atoms with Crippen molar-refractivity contribution in [1.82, 2.24) is 19.7 Å². The molecular weight excluding hydrogens is 322 g/mol. The molecular formula is C17H25N5OS. The van der Waals surface area contributed by atoms with Gasteiger partial charge in [0.05, 0.1) is 22.9 Å². The van der Waals surface area contributed by atoms with Crippen molar-refractivity contribution in [3.05, 3.63) is 28.7 Å². The Labute approximate surface area is 146 Å². The first-order chi connectivity index (χ1) is 11.4. The third-order valence-electron chi connectivity index (χ3n) is 4.25. The average Bonchev–Trinajstić information content (AvgIpc) is 3.19. The molecule has 1 aliphatic rings. The standard InChI is InChI=1S/C17H25N5OS/c1-11(2)8-14-16(24-12(3)19-14)20-17(23)22-7-5-6-15(22)13-9-18-21(4)10-13/h9-11,15H,5-8H2,1-4H3,(H,20,23). The first-order valence-electron chi connectivity index (χ1n) is 8.46. The molecule has 0 bridgehead atoms. The molecule has 0 saturated carbocycles. The number of thiazole rings is 1. The van der Waals surface area contributed by atoms with Crippen LogP contribution in [0.5, 0.6) is 0 Å². The van der Waals surface area contributed by atoms with E-state index in [1.165, 1.54) is 0 Å². The Morgan fingerprint density at radius 3 is 2.96 bits per heavy atom. The van der Waals surface area contributed by atoms with Crippen LogP contribution < -0.4 is 5.32 Å². The van der Waals surface area contributed by atoms with Crippen molar-refractivity contribution in [3.63, 3.8) is 0 Å². The van der Waals surface area contributed by atoms with Crippen LogP contribution in [0.3, 0.4) is 0 Å². The zero-order valence-electron chi connectivity index (χ0n) is 14.7. The summed E-state index contributed by atoms with van der Waals surface area (Å²) in [5.74, 6) is 0.511. The molecule has 2 amide bonds. The minimum absolute atomic E-state index is 0.0324. The van der Waals surface area contributed by atoms with E-state index in [4.69, 9.17) is 0 Å². The predicted molar refractivity (Wildman–Crippen MR) is 96.3 cm³/mol. The Morgan fingerprint density at radius 2 is 2.29 bits per heavy atom. The fourth-order valence-electron chi connectivity index (χ4n) is 3.23. The molecule has 1 unspecified atom stereocenters. The maximum atomic E-state index is 12.8. The number of rotatable bonds is 4. The predicted octanol–water partition coefficient (Wildman–Crippen LogP) is 3.75. The van der Waals surface area contributed by atoms with Crippen molar-refractivity contribution in [2.45, 2.75) is 46.1 Å². The van der Waals surface area contributed by atoms with Crippen LogP contribution in [0, 0.1) is 12.8 Å². The average molecular weight is 347 g/mol. The lowest BCUT2D eigenvalue weighted by Gasteiger charge is -2.24. The van der Waals surface area contributed by atoms with Crippen LogP contribution in [0.15, 0.2) is 12.4 Å². The zero-order chi connectivity index (χ0) is 17.3. The Balaban J connectivity index is 1.75. The van der Waals surface area contributed by atoms with Gasteiger partial charge < -0.3 is 4.90 Å². The van der Waals surface area contributed by atoms with E-state index in [1.807, 2.05) is 31.3 Å². The molecule has 3 heterocycles. The molecule has 7 heteroatoms. The van der Waals surface area contributed by atoms with Gasteiger partial charge in [-0.05, 0) is 32.1 Å². The lowest BCUT2D eigenvalue weighted by Crippen LogP contribution is -2.34. The second-order valence-electron chi connectivity index (χ2n) is 6.84. The quantitative estimate of drug-likeness (QED) is 0.916. The van der Waals surface area contributed by atoms with Crippen LogP contribution in [0.2, 0.25) is 0 Å². The van der Waals surface area contributed by atoms with Crippen molar-refractivity contribution < 1.29 is 4.79 Å². The van der Waals surface area contributed by atoms with Gasteiger partial charge in [-0.25, -0.2) is 9.78 Å². The highest BCUT2D eigenvalue weighted by Gasteiger charge is 2.31. The van der Waals surface area contributed by atoms with E-state index >= 15 is 0 Å². The fraction of sp³-hybridized carbons (Fsp3) is 0.588. The number of aryl methyl sites for hydroxylation is 2. The van der Waals surface area contributed by atoms with Gasteiger partial charge in [-0.15, -0.1) is 11.3 Å². The molecule has 1 N–H and O–H groups in total. The molecule has 1 aliphatic heterocycles. The molecule has 0 radical (unpaired) electrons. The normalized spacial score (nSPS) is 17.7. The molecule has 1 atom stereocenters. The Hall–Kier alpha value is -1.89. The number of hydrogen-bond acceptors (Lipinski definition) is 4. The highest BCUT2D eigenvalue weighted by atomic mass is 32.1. The first-order valence-corrected chi connectivity index (χ1v) is 9.28. The van der Waals surface area contributed by atoms with Crippen LogP contribution in [0.25, 0.3) is 0 Å². The number of hydrogen-bond donors (Lipinski definition) is 1. The lowest BCUT2D eigenvalue weighted by molar-refractivity contribution is 0.207. The minimum atomic E-state index is -0.0324. The summed E-state index contributed by atoms with van der Waals surface area (Å²) >= 11 is 1.56. The van der Waals surface area contributed by atoms with Crippen molar-refractivity contribution in [2.24, 2.45) is 13.0 Å². The van der Waals surface area contributed by atoms with Crippen LogP contribution in [0.4, 0.5) is 9.80 Å². The topological polar surface area (TPSA) is 63.1 Å². The number of carbonyl (C=O) groups excluding carboxylic acids is 1. The summed E-state index contributed by atoms with van der Waals surface area (Å²) in [6.07, 6.45) is 6.74. The lowest BCUT2D eigenvalue weighted by atomic mass is 10.1. The summed E-state index contributed by atoms with van der Waals surface area (Å²) in [6.45, 7) is 7.10. The summed E-state index contributed by atoms with van der Waals surface area (Å²) in [5.41, 5.74) is 2.10. The number of carbonyl (C=O) groups is 1. The van der Waals surface area contributed by atoms with Crippen LogP contribution in [0.1, 0.15) is 49.0 Å². The van der Waals surface area contributed by atoms with E-state index in [-0.39, 0.29) is 12.1 Å². The SMILES string of the molecule is Cc1nc(CC(C)C)c(NC(=O)N2CCCC2c2cnn(C)c2)s1. The number of nitrogens with one attached hydrogen (secondary N) is 1. The second kappa shape index (κ2) is 6.93. The number of aromatic nitrogens is 3. The van der Waals surface area contributed by atoms with Gasteiger partial charge in [0, 0.05) is 25.4 Å².